The normalized spacial score (nSPS) is 17.4. The fourth-order valence-electron chi connectivity index (χ4n) is 8.14. The van der Waals surface area contributed by atoms with Gasteiger partial charge in [-0.05, 0) is 78.7 Å². The van der Waals surface area contributed by atoms with Crippen molar-refractivity contribution in [3.8, 4) is 45.5 Å². The molecule has 14 heteroatoms. The van der Waals surface area contributed by atoms with E-state index in [0.717, 1.165) is 40.9 Å². The van der Waals surface area contributed by atoms with E-state index in [2.05, 4.69) is 18.7 Å². The van der Waals surface area contributed by atoms with Crippen LogP contribution in [0.3, 0.4) is 0 Å². The molecule has 0 aliphatic carbocycles. The van der Waals surface area contributed by atoms with Gasteiger partial charge >= 0.3 is 19.2 Å². The molecule has 2 aliphatic heterocycles. The average molecular weight is 773 g/mol. The number of hydrogen-bond acceptors (Lipinski definition) is 9. The highest BCUT2D eigenvalue weighted by Gasteiger charge is 2.35. The third-order valence-electron chi connectivity index (χ3n) is 10.7. The third-order valence-corrected chi connectivity index (χ3v) is 10.7. The number of aliphatic carboxylic acids is 1. The van der Waals surface area contributed by atoms with Gasteiger partial charge in [0.2, 0.25) is 11.8 Å². The zero-order chi connectivity index (χ0) is 39.5. The van der Waals surface area contributed by atoms with E-state index in [1.165, 1.54) is 12.1 Å². The number of nitrogens with zero attached hydrogens (tertiary/aromatic N) is 4. The molecule has 0 unspecified atom stereocenters. The van der Waals surface area contributed by atoms with Crippen LogP contribution in [0.2, 0.25) is 0 Å². The SMILES string of the molecule is Cc1c(-c2nc3cc(CN4CC[C@H](C(=O)O)C4)c(OC(F)F)cc3o2)cccc1-c1cccc(-c2nc3cc(CN4CC(C)(C)C4)c(OC(F)F)cc3o2)c1C. The van der Waals surface area contributed by atoms with Crippen molar-refractivity contribution in [2.75, 3.05) is 26.2 Å². The summed E-state index contributed by atoms with van der Waals surface area (Å²) in [5.74, 6) is -0.767. The lowest BCUT2D eigenvalue weighted by molar-refractivity contribution is -0.141. The number of halogens is 4. The topological polar surface area (TPSA) is 114 Å². The number of ether oxygens (including phenoxy) is 2. The van der Waals surface area contributed by atoms with E-state index in [9.17, 15) is 27.5 Å². The fourth-order valence-corrected chi connectivity index (χ4v) is 8.14. The maximum absolute atomic E-state index is 13.5. The Morgan fingerprint density at radius 3 is 1.68 bits per heavy atom. The van der Waals surface area contributed by atoms with Gasteiger partial charge in [-0.2, -0.15) is 17.6 Å². The Kier molecular flexibility index (Phi) is 9.73. The number of alkyl halides is 4. The first-order valence-electron chi connectivity index (χ1n) is 18.4. The van der Waals surface area contributed by atoms with Gasteiger partial charge in [-0.3, -0.25) is 14.6 Å². The van der Waals surface area contributed by atoms with E-state index in [0.29, 0.717) is 71.1 Å². The predicted octanol–water partition coefficient (Wildman–Crippen LogP) is 9.54. The Morgan fingerprint density at radius 1 is 0.786 bits per heavy atom. The molecule has 2 aromatic heterocycles. The van der Waals surface area contributed by atoms with Crippen LogP contribution >= 0.6 is 0 Å². The van der Waals surface area contributed by atoms with Crippen LogP contribution in [0.5, 0.6) is 11.5 Å². The molecule has 56 heavy (non-hydrogen) atoms. The van der Waals surface area contributed by atoms with Gasteiger partial charge in [-0.25, -0.2) is 9.97 Å². The molecule has 1 N–H and O–H groups in total. The first-order chi connectivity index (χ1) is 26.7. The van der Waals surface area contributed by atoms with Crippen molar-refractivity contribution in [2.45, 2.75) is 60.4 Å². The molecule has 6 aromatic rings. The molecule has 2 fully saturated rings. The van der Waals surface area contributed by atoms with E-state index in [1.807, 2.05) is 55.1 Å². The molecule has 2 saturated heterocycles. The molecular formula is C42H40F4N4O6. The third kappa shape index (κ3) is 7.42. The van der Waals surface area contributed by atoms with Gasteiger partial charge in [0, 0.05) is 67.1 Å². The number of hydrogen-bond donors (Lipinski definition) is 1. The summed E-state index contributed by atoms with van der Waals surface area (Å²) in [7, 11) is 0. The number of carboxylic acids is 1. The minimum absolute atomic E-state index is 0.0553. The summed E-state index contributed by atoms with van der Waals surface area (Å²) in [6.07, 6.45) is 0.474. The Bertz CT molecular complexity index is 2450. The van der Waals surface area contributed by atoms with E-state index in [1.54, 1.807) is 12.1 Å². The zero-order valence-corrected chi connectivity index (χ0v) is 31.2. The van der Waals surface area contributed by atoms with Gasteiger partial charge in [0.1, 0.15) is 22.5 Å². The molecule has 0 bridgehead atoms. The lowest BCUT2D eigenvalue weighted by atomic mass is 9.84. The molecule has 4 heterocycles. The minimum Gasteiger partial charge on any atom is -0.481 e. The number of carboxylic acid groups (broad SMARTS) is 1. The second kappa shape index (κ2) is 14.6. The summed E-state index contributed by atoms with van der Waals surface area (Å²) in [5, 5.41) is 9.42. The van der Waals surface area contributed by atoms with Crippen molar-refractivity contribution in [3.05, 3.63) is 82.9 Å². The van der Waals surface area contributed by atoms with Gasteiger partial charge < -0.3 is 23.4 Å². The summed E-state index contributed by atoms with van der Waals surface area (Å²) < 4.78 is 76.0. The van der Waals surface area contributed by atoms with Crippen LogP contribution in [0.25, 0.3) is 56.2 Å². The van der Waals surface area contributed by atoms with Crippen LogP contribution < -0.4 is 9.47 Å². The summed E-state index contributed by atoms with van der Waals surface area (Å²) >= 11 is 0. The second-order valence-electron chi connectivity index (χ2n) is 15.5. The summed E-state index contributed by atoms with van der Waals surface area (Å²) in [6.45, 7) is 5.36. The van der Waals surface area contributed by atoms with Crippen molar-refractivity contribution in [1.29, 1.82) is 0 Å². The number of fused-ring (bicyclic) bond motifs is 2. The van der Waals surface area contributed by atoms with Crippen molar-refractivity contribution in [2.24, 2.45) is 11.3 Å². The smallest absolute Gasteiger partial charge is 0.387 e. The number of likely N-dealkylation sites (tertiary alicyclic amines) is 2. The van der Waals surface area contributed by atoms with E-state index >= 15 is 0 Å². The van der Waals surface area contributed by atoms with Gasteiger partial charge in [-0.15, -0.1) is 0 Å². The summed E-state index contributed by atoms with van der Waals surface area (Å²) in [4.78, 5) is 25.1. The van der Waals surface area contributed by atoms with Crippen LogP contribution in [-0.4, -0.2) is 70.2 Å². The van der Waals surface area contributed by atoms with Crippen molar-refractivity contribution >= 4 is 28.2 Å². The quantitative estimate of drug-likeness (QED) is 0.121. The maximum Gasteiger partial charge on any atom is 0.387 e. The van der Waals surface area contributed by atoms with Crippen LogP contribution in [0.15, 0.2) is 69.5 Å². The number of benzene rings is 4. The van der Waals surface area contributed by atoms with Crippen LogP contribution in [0.1, 0.15) is 42.5 Å². The molecule has 292 valence electrons. The Hall–Kier alpha value is -5.47. The van der Waals surface area contributed by atoms with Crippen LogP contribution in [0, 0.1) is 25.2 Å². The molecule has 10 nitrogen and oxygen atoms in total. The number of aromatic nitrogens is 2. The highest BCUT2D eigenvalue weighted by molar-refractivity contribution is 5.85. The van der Waals surface area contributed by atoms with Gasteiger partial charge in [0.05, 0.1) is 5.92 Å². The molecule has 0 saturated carbocycles. The molecule has 1 atom stereocenters. The van der Waals surface area contributed by atoms with Crippen molar-refractivity contribution < 1.29 is 45.8 Å². The highest BCUT2D eigenvalue weighted by Crippen LogP contribution is 2.40. The van der Waals surface area contributed by atoms with Crippen molar-refractivity contribution in [1.82, 2.24) is 19.8 Å². The predicted molar refractivity (Wildman–Crippen MR) is 201 cm³/mol. The molecule has 8 rings (SSSR count). The summed E-state index contributed by atoms with van der Waals surface area (Å²) in [5.41, 5.74) is 7.73. The van der Waals surface area contributed by atoms with E-state index in [-0.39, 0.29) is 29.0 Å². The number of rotatable bonds is 12. The van der Waals surface area contributed by atoms with Crippen molar-refractivity contribution in [3.63, 3.8) is 0 Å². The number of carbonyl (C=O) groups is 1. The fraction of sp³-hybridized carbons (Fsp3) is 0.357. The maximum atomic E-state index is 13.5. The van der Waals surface area contributed by atoms with E-state index < -0.39 is 25.1 Å². The first-order valence-corrected chi connectivity index (χ1v) is 18.4. The van der Waals surface area contributed by atoms with Crippen LogP contribution in [0.4, 0.5) is 17.6 Å². The lowest BCUT2D eigenvalue weighted by Gasteiger charge is -2.46. The molecular weight excluding hydrogens is 732 g/mol. The lowest BCUT2D eigenvalue weighted by Crippen LogP contribution is -2.52. The largest absolute Gasteiger partial charge is 0.481 e. The second-order valence-corrected chi connectivity index (χ2v) is 15.5. The standard InChI is InChI=1S/C42H40F4N4O6/c1-22-27(7-5-9-29(22)37-47-31-13-25(18-49-12-11-24(17-49)39(51)52)33(55-40(43)44)15-35(31)53-37)28-8-6-10-30(23(28)2)38-48-32-14-26(19-50-20-42(3,4)21-50)34(56-41(45)46)16-36(32)54-38/h5-10,13-16,24,40-41H,11-12,17-21H2,1-4H3,(H,51,52)/t24-/m0/s1. The zero-order valence-electron chi connectivity index (χ0n) is 31.2. The monoisotopic (exact) mass is 772 g/mol. The highest BCUT2D eigenvalue weighted by atomic mass is 19.3. The minimum atomic E-state index is -3.07. The Labute approximate surface area is 319 Å². The number of oxazole rings is 2. The molecule has 0 spiro atoms. The van der Waals surface area contributed by atoms with Gasteiger partial charge in [0.25, 0.3) is 0 Å². The molecule has 2 aliphatic rings. The van der Waals surface area contributed by atoms with Crippen LogP contribution in [-0.2, 0) is 17.9 Å². The van der Waals surface area contributed by atoms with E-state index in [4.69, 9.17) is 28.3 Å². The first kappa shape index (κ1) is 37.5. The van der Waals surface area contributed by atoms with Gasteiger partial charge in [-0.1, -0.05) is 38.1 Å². The molecule has 0 amide bonds. The molecule has 4 aromatic carbocycles. The Balaban J connectivity index is 1.11. The van der Waals surface area contributed by atoms with Gasteiger partial charge in [0.15, 0.2) is 11.2 Å². The summed E-state index contributed by atoms with van der Waals surface area (Å²) in [6, 6.07) is 17.8. The Morgan fingerprint density at radius 2 is 1.25 bits per heavy atom. The average Bonchev–Trinajstić information content (AvgIpc) is 3.86. The molecule has 0 radical (unpaired) electrons.